The van der Waals surface area contributed by atoms with Crippen molar-refractivity contribution in [2.24, 2.45) is 0 Å². The molecule has 6 heteroatoms. The molecule has 5 nitrogen and oxygen atoms in total. The molecule has 0 fully saturated rings. The van der Waals surface area contributed by atoms with Crippen molar-refractivity contribution in [1.29, 1.82) is 0 Å². The molecule has 0 bridgehead atoms. The summed E-state index contributed by atoms with van der Waals surface area (Å²) < 4.78 is 2.49. The summed E-state index contributed by atoms with van der Waals surface area (Å²) in [5.41, 5.74) is 8.52. The lowest BCUT2D eigenvalue weighted by molar-refractivity contribution is 0.833. The summed E-state index contributed by atoms with van der Waals surface area (Å²) in [6.07, 6.45) is 6.86. The number of halogens is 1. The van der Waals surface area contributed by atoms with Crippen molar-refractivity contribution in [3.63, 3.8) is 0 Å². The Bertz CT molecular complexity index is 722. The highest BCUT2D eigenvalue weighted by atomic mass is 79.9. The van der Waals surface area contributed by atoms with Crippen LogP contribution in [0.3, 0.4) is 0 Å². The van der Waals surface area contributed by atoms with Crippen LogP contribution in [0, 0.1) is 0 Å². The Morgan fingerprint density at radius 2 is 2.05 bits per heavy atom. The van der Waals surface area contributed by atoms with E-state index in [4.69, 9.17) is 5.73 Å². The van der Waals surface area contributed by atoms with E-state index in [9.17, 15) is 0 Å². The molecule has 0 saturated heterocycles. The Morgan fingerprint density at radius 3 is 2.84 bits per heavy atom. The third kappa shape index (κ3) is 2.34. The lowest BCUT2D eigenvalue weighted by Gasteiger charge is -2.01. The Labute approximate surface area is 118 Å². The minimum Gasteiger partial charge on any atom is -0.399 e. The first-order chi connectivity index (χ1) is 9.24. The molecule has 0 aliphatic rings. The first-order valence-corrected chi connectivity index (χ1v) is 6.40. The van der Waals surface area contributed by atoms with Crippen LogP contribution in [-0.2, 0) is 0 Å². The number of aromatic nitrogens is 4. The van der Waals surface area contributed by atoms with Gasteiger partial charge in [-0.3, -0.25) is 0 Å². The maximum absolute atomic E-state index is 5.78. The predicted molar refractivity (Wildman–Crippen MR) is 76.7 cm³/mol. The van der Waals surface area contributed by atoms with Crippen molar-refractivity contribution in [1.82, 2.24) is 19.7 Å². The zero-order valence-corrected chi connectivity index (χ0v) is 11.4. The molecule has 1 aromatic carbocycles. The minimum absolute atomic E-state index is 0.699. The zero-order valence-electron chi connectivity index (χ0n) is 9.86. The van der Waals surface area contributed by atoms with Gasteiger partial charge in [0, 0.05) is 23.6 Å². The molecule has 0 saturated carbocycles. The molecule has 2 N–H and O–H groups in total. The van der Waals surface area contributed by atoms with E-state index in [1.807, 2.05) is 30.5 Å². The second kappa shape index (κ2) is 4.81. The van der Waals surface area contributed by atoms with E-state index in [1.54, 1.807) is 17.1 Å². The minimum atomic E-state index is 0.699. The molecule has 0 aliphatic carbocycles. The summed E-state index contributed by atoms with van der Waals surface area (Å²) in [5, 5.41) is 4.31. The van der Waals surface area contributed by atoms with E-state index in [0.29, 0.717) is 5.82 Å². The van der Waals surface area contributed by atoms with Crippen molar-refractivity contribution in [3.8, 4) is 16.9 Å². The van der Waals surface area contributed by atoms with Gasteiger partial charge in [0.25, 0.3) is 0 Å². The highest BCUT2D eigenvalue weighted by molar-refractivity contribution is 9.10. The molecule has 3 aromatic rings. The molecular weight excluding hydrogens is 306 g/mol. The van der Waals surface area contributed by atoms with Gasteiger partial charge in [-0.1, -0.05) is 12.1 Å². The largest absolute Gasteiger partial charge is 0.399 e. The third-order valence-corrected chi connectivity index (χ3v) is 3.23. The lowest BCUT2D eigenvalue weighted by Crippen LogP contribution is -1.99. The van der Waals surface area contributed by atoms with E-state index in [0.717, 1.165) is 21.3 Å². The van der Waals surface area contributed by atoms with Gasteiger partial charge in [-0.05, 0) is 33.6 Å². The fraction of sp³-hybridized carbons (Fsp3) is 0. The van der Waals surface area contributed by atoms with Gasteiger partial charge in [-0.2, -0.15) is 5.10 Å². The number of rotatable bonds is 2. The smallest absolute Gasteiger partial charge is 0.170 e. The monoisotopic (exact) mass is 315 g/mol. The topological polar surface area (TPSA) is 69.6 Å². The molecule has 19 heavy (non-hydrogen) atoms. The molecule has 0 aliphatic heterocycles. The molecule has 2 heterocycles. The Hall–Kier alpha value is -2.21. The number of nitrogens with zero attached hydrogens (tertiary/aromatic N) is 4. The van der Waals surface area contributed by atoms with Crippen molar-refractivity contribution in [2.45, 2.75) is 0 Å². The number of nitrogen functional groups attached to an aromatic ring is 1. The highest BCUT2D eigenvalue weighted by Crippen LogP contribution is 2.23. The van der Waals surface area contributed by atoms with Gasteiger partial charge in [-0.15, -0.1) is 0 Å². The van der Waals surface area contributed by atoms with E-state index in [1.165, 1.54) is 6.33 Å². The Morgan fingerprint density at radius 1 is 1.16 bits per heavy atom. The third-order valence-electron chi connectivity index (χ3n) is 2.67. The molecule has 0 radical (unpaired) electrons. The average Bonchev–Trinajstić information content (AvgIpc) is 2.89. The number of hydrogen-bond donors (Lipinski definition) is 1. The number of benzene rings is 1. The van der Waals surface area contributed by atoms with Crippen LogP contribution >= 0.6 is 15.9 Å². The molecular formula is C13H10BrN5. The van der Waals surface area contributed by atoms with E-state index < -0.39 is 0 Å². The molecule has 0 atom stereocenters. The highest BCUT2D eigenvalue weighted by Gasteiger charge is 2.07. The quantitative estimate of drug-likeness (QED) is 0.738. The fourth-order valence-electron chi connectivity index (χ4n) is 1.78. The second-order valence-corrected chi connectivity index (χ2v) is 4.85. The summed E-state index contributed by atoms with van der Waals surface area (Å²) in [7, 11) is 0. The fourth-order valence-corrected chi connectivity index (χ4v) is 2.18. The first kappa shape index (κ1) is 11.9. The SMILES string of the molecule is Nc1cccc(-c2cnn(-c3ncncc3Br)c2)c1. The van der Waals surface area contributed by atoms with E-state index in [-0.39, 0.29) is 0 Å². The van der Waals surface area contributed by atoms with Gasteiger partial charge in [-0.25, -0.2) is 14.6 Å². The standard InChI is InChI=1S/C13H10BrN5/c14-12-6-16-8-17-13(12)19-7-10(5-18-19)9-2-1-3-11(15)4-9/h1-8H,15H2. The van der Waals surface area contributed by atoms with Gasteiger partial charge < -0.3 is 5.73 Å². The summed E-state index contributed by atoms with van der Waals surface area (Å²) in [6.45, 7) is 0. The molecule has 0 spiro atoms. The number of nitrogens with two attached hydrogens (primary N) is 1. The normalized spacial score (nSPS) is 10.6. The van der Waals surface area contributed by atoms with Crippen LogP contribution in [0.15, 0.2) is 53.7 Å². The van der Waals surface area contributed by atoms with Gasteiger partial charge >= 0.3 is 0 Å². The number of anilines is 1. The van der Waals surface area contributed by atoms with Gasteiger partial charge in [0.15, 0.2) is 5.82 Å². The number of hydrogen-bond acceptors (Lipinski definition) is 4. The predicted octanol–water partition coefficient (Wildman–Crippen LogP) is 2.67. The van der Waals surface area contributed by atoms with E-state index in [2.05, 4.69) is 31.0 Å². The summed E-state index contributed by atoms with van der Waals surface area (Å²) in [6, 6.07) is 7.68. The van der Waals surface area contributed by atoms with E-state index >= 15 is 0 Å². The van der Waals surface area contributed by atoms with Gasteiger partial charge in [0.2, 0.25) is 0 Å². The van der Waals surface area contributed by atoms with Crippen LogP contribution in [0.25, 0.3) is 16.9 Å². The van der Waals surface area contributed by atoms with Crippen LogP contribution in [0.1, 0.15) is 0 Å². The van der Waals surface area contributed by atoms with Crippen molar-refractivity contribution in [2.75, 3.05) is 5.73 Å². The van der Waals surface area contributed by atoms with Crippen molar-refractivity contribution >= 4 is 21.6 Å². The Balaban J connectivity index is 2.03. The molecule has 3 rings (SSSR count). The van der Waals surface area contributed by atoms with Crippen LogP contribution in [0.2, 0.25) is 0 Å². The average molecular weight is 316 g/mol. The zero-order chi connectivity index (χ0) is 13.2. The molecule has 94 valence electrons. The maximum atomic E-state index is 5.78. The summed E-state index contributed by atoms with van der Waals surface area (Å²) in [4.78, 5) is 8.12. The van der Waals surface area contributed by atoms with Crippen LogP contribution in [-0.4, -0.2) is 19.7 Å². The van der Waals surface area contributed by atoms with Crippen molar-refractivity contribution in [3.05, 3.63) is 53.7 Å². The lowest BCUT2D eigenvalue weighted by atomic mass is 10.1. The second-order valence-electron chi connectivity index (χ2n) is 3.99. The van der Waals surface area contributed by atoms with Crippen molar-refractivity contribution < 1.29 is 0 Å². The maximum Gasteiger partial charge on any atom is 0.170 e. The molecule has 2 aromatic heterocycles. The van der Waals surface area contributed by atoms with Crippen LogP contribution in [0.5, 0.6) is 0 Å². The Kier molecular flexibility index (Phi) is 3.00. The van der Waals surface area contributed by atoms with Crippen LogP contribution in [0.4, 0.5) is 5.69 Å². The van der Waals surface area contributed by atoms with Gasteiger partial charge in [0.05, 0.1) is 10.7 Å². The molecule has 0 amide bonds. The summed E-state index contributed by atoms with van der Waals surface area (Å²) >= 11 is 3.40. The summed E-state index contributed by atoms with van der Waals surface area (Å²) in [5.74, 6) is 0.699. The van der Waals surface area contributed by atoms with Crippen LogP contribution < -0.4 is 5.73 Å². The molecule has 0 unspecified atom stereocenters. The van der Waals surface area contributed by atoms with Gasteiger partial charge in [0.1, 0.15) is 6.33 Å². The first-order valence-electron chi connectivity index (χ1n) is 5.60.